The van der Waals surface area contributed by atoms with Crippen LogP contribution < -0.4 is 5.63 Å². The van der Waals surface area contributed by atoms with Gasteiger partial charge in [-0.1, -0.05) is 18.2 Å². The molecule has 2 heterocycles. The number of aryl methyl sites for hydroxylation is 1. The molecule has 0 saturated carbocycles. The first-order chi connectivity index (χ1) is 10.0. The number of rotatable bonds is 3. The highest BCUT2D eigenvalue weighted by atomic mass is 16.4. The third-order valence-corrected chi connectivity index (χ3v) is 3.14. The molecule has 1 N–H and O–H groups in total. The van der Waals surface area contributed by atoms with Crippen molar-refractivity contribution in [1.82, 2.24) is 0 Å². The number of carbonyl (C=O) groups is 1. The molecular weight excluding hydrogens is 272 g/mol. The highest BCUT2D eigenvalue weighted by Crippen LogP contribution is 2.21. The van der Waals surface area contributed by atoms with E-state index >= 15 is 0 Å². The summed E-state index contributed by atoms with van der Waals surface area (Å²) in [6, 6.07) is 10.3. The Bertz CT molecular complexity index is 852. The molecule has 0 fully saturated rings. The van der Waals surface area contributed by atoms with E-state index in [1.807, 2.05) is 18.2 Å². The van der Waals surface area contributed by atoms with Crippen LogP contribution in [0, 0.1) is 6.92 Å². The Morgan fingerprint density at radius 3 is 2.67 bits per heavy atom. The van der Waals surface area contributed by atoms with Crippen molar-refractivity contribution in [3.8, 4) is 5.75 Å². The number of hydrogen-bond acceptors (Lipinski definition) is 5. The molecule has 0 aliphatic heterocycles. The van der Waals surface area contributed by atoms with Gasteiger partial charge in [-0.15, -0.1) is 0 Å². The molecule has 0 unspecified atom stereocenters. The minimum atomic E-state index is -0.839. The van der Waals surface area contributed by atoms with Crippen molar-refractivity contribution in [2.75, 3.05) is 0 Å². The first kappa shape index (κ1) is 13.2. The maximum atomic E-state index is 12.2. The summed E-state index contributed by atoms with van der Waals surface area (Å²) in [5.41, 5.74) is -0.518. The molecule has 0 aliphatic carbocycles. The highest BCUT2D eigenvalue weighted by Gasteiger charge is 2.20. The van der Waals surface area contributed by atoms with Gasteiger partial charge in [0.15, 0.2) is 5.78 Å². The summed E-state index contributed by atoms with van der Waals surface area (Å²) < 4.78 is 10.4. The zero-order valence-electron chi connectivity index (χ0n) is 11.3. The Balaban J connectivity index is 1.95. The van der Waals surface area contributed by atoms with Crippen LogP contribution in [0.1, 0.15) is 21.9 Å². The van der Waals surface area contributed by atoms with Crippen molar-refractivity contribution >= 4 is 16.8 Å². The SMILES string of the molecule is Cc1cc(O)c(C(=O)Cc2cc3ccccc3o2)c(=O)o1. The maximum Gasteiger partial charge on any atom is 0.350 e. The minimum Gasteiger partial charge on any atom is -0.507 e. The lowest BCUT2D eigenvalue weighted by molar-refractivity contribution is 0.0980. The molecule has 1 aromatic carbocycles. The van der Waals surface area contributed by atoms with E-state index in [2.05, 4.69) is 0 Å². The van der Waals surface area contributed by atoms with Gasteiger partial charge < -0.3 is 13.9 Å². The number of furan rings is 1. The fraction of sp³-hybridized carbons (Fsp3) is 0.125. The van der Waals surface area contributed by atoms with Gasteiger partial charge in [0.05, 0.1) is 6.42 Å². The summed E-state index contributed by atoms with van der Waals surface area (Å²) in [6.45, 7) is 1.52. The Morgan fingerprint density at radius 1 is 1.19 bits per heavy atom. The van der Waals surface area contributed by atoms with Crippen molar-refractivity contribution in [1.29, 1.82) is 0 Å². The van der Waals surface area contributed by atoms with E-state index in [4.69, 9.17) is 8.83 Å². The molecule has 0 radical (unpaired) electrons. The van der Waals surface area contributed by atoms with Crippen LogP contribution in [0.4, 0.5) is 0 Å². The van der Waals surface area contributed by atoms with Crippen LogP contribution in [-0.4, -0.2) is 10.9 Å². The zero-order valence-corrected chi connectivity index (χ0v) is 11.3. The summed E-state index contributed by atoms with van der Waals surface area (Å²) >= 11 is 0. The number of hydrogen-bond donors (Lipinski definition) is 1. The van der Waals surface area contributed by atoms with E-state index in [1.165, 1.54) is 13.0 Å². The van der Waals surface area contributed by atoms with Crippen LogP contribution in [0.15, 0.2) is 50.0 Å². The quantitative estimate of drug-likeness (QED) is 0.748. The van der Waals surface area contributed by atoms with Gasteiger partial charge in [-0.3, -0.25) is 4.79 Å². The van der Waals surface area contributed by atoms with Crippen molar-refractivity contribution in [2.45, 2.75) is 13.3 Å². The predicted octanol–water partition coefficient (Wildman–Crippen LogP) is 2.83. The van der Waals surface area contributed by atoms with Crippen LogP contribution in [-0.2, 0) is 6.42 Å². The summed E-state index contributed by atoms with van der Waals surface area (Å²) in [6.07, 6.45) is -0.115. The van der Waals surface area contributed by atoms with E-state index in [-0.39, 0.29) is 23.5 Å². The Hall–Kier alpha value is -2.82. The van der Waals surface area contributed by atoms with Gasteiger partial charge in [-0.05, 0) is 19.1 Å². The minimum absolute atomic E-state index is 0.115. The van der Waals surface area contributed by atoms with Gasteiger partial charge in [0, 0.05) is 11.5 Å². The van der Waals surface area contributed by atoms with Crippen LogP contribution >= 0.6 is 0 Å². The predicted molar refractivity (Wildman–Crippen MR) is 75.6 cm³/mol. The molecule has 0 atom stereocenters. The third-order valence-electron chi connectivity index (χ3n) is 3.14. The standard InChI is InChI=1S/C16H12O5/c1-9-6-12(17)15(16(19)20-9)13(18)8-11-7-10-4-2-3-5-14(10)21-11/h2-7,17H,8H2,1H3. The lowest BCUT2D eigenvalue weighted by Crippen LogP contribution is -2.16. The number of Topliss-reactive ketones (excluding diaryl/α,β-unsaturated/α-hetero) is 1. The molecule has 3 rings (SSSR count). The largest absolute Gasteiger partial charge is 0.507 e. The summed E-state index contributed by atoms with van der Waals surface area (Å²) in [4.78, 5) is 23.9. The third kappa shape index (κ3) is 2.45. The first-order valence-corrected chi connectivity index (χ1v) is 6.39. The average Bonchev–Trinajstić information content (AvgIpc) is 2.79. The van der Waals surface area contributed by atoms with Crippen molar-refractivity contribution < 1.29 is 18.7 Å². The van der Waals surface area contributed by atoms with Crippen LogP contribution in [0.25, 0.3) is 11.0 Å². The molecule has 3 aromatic rings. The molecule has 0 saturated heterocycles. The van der Waals surface area contributed by atoms with Crippen LogP contribution in [0.2, 0.25) is 0 Å². The second-order valence-corrected chi connectivity index (χ2v) is 4.76. The molecule has 0 bridgehead atoms. The molecule has 0 amide bonds. The Morgan fingerprint density at radius 2 is 1.95 bits per heavy atom. The fourth-order valence-electron chi connectivity index (χ4n) is 2.22. The Kier molecular flexibility index (Phi) is 3.10. The van der Waals surface area contributed by atoms with Crippen LogP contribution in [0.3, 0.4) is 0 Å². The van der Waals surface area contributed by atoms with Crippen LogP contribution in [0.5, 0.6) is 5.75 Å². The number of aromatic hydroxyl groups is 1. The van der Waals surface area contributed by atoms with E-state index in [9.17, 15) is 14.7 Å². The molecule has 5 heteroatoms. The topological polar surface area (TPSA) is 80.6 Å². The lowest BCUT2D eigenvalue weighted by Gasteiger charge is -2.01. The average molecular weight is 284 g/mol. The highest BCUT2D eigenvalue weighted by molar-refractivity contribution is 5.99. The van der Waals surface area contributed by atoms with Crippen molar-refractivity contribution in [3.63, 3.8) is 0 Å². The van der Waals surface area contributed by atoms with E-state index in [0.29, 0.717) is 11.3 Å². The number of para-hydroxylation sites is 1. The van der Waals surface area contributed by atoms with Crippen molar-refractivity contribution in [2.24, 2.45) is 0 Å². The first-order valence-electron chi connectivity index (χ1n) is 6.39. The molecule has 0 aliphatic rings. The smallest absolute Gasteiger partial charge is 0.350 e. The molecule has 5 nitrogen and oxygen atoms in total. The van der Waals surface area contributed by atoms with Gasteiger partial charge >= 0.3 is 5.63 Å². The second-order valence-electron chi connectivity index (χ2n) is 4.76. The monoisotopic (exact) mass is 284 g/mol. The van der Waals surface area contributed by atoms with Gasteiger partial charge in [0.25, 0.3) is 0 Å². The van der Waals surface area contributed by atoms with Gasteiger partial charge in [-0.2, -0.15) is 0 Å². The molecule has 106 valence electrons. The normalized spacial score (nSPS) is 10.9. The zero-order chi connectivity index (χ0) is 15.0. The second kappa shape index (κ2) is 4.94. The summed E-state index contributed by atoms with van der Waals surface area (Å²) in [5, 5.41) is 10.6. The molecule has 0 spiro atoms. The maximum absolute atomic E-state index is 12.2. The van der Waals surface area contributed by atoms with E-state index < -0.39 is 11.4 Å². The number of fused-ring (bicyclic) bond motifs is 1. The number of ketones is 1. The van der Waals surface area contributed by atoms with E-state index in [1.54, 1.807) is 12.1 Å². The fourth-order valence-corrected chi connectivity index (χ4v) is 2.22. The molecular formula is C16H12O5. The lowest BCUT2D eigenvalue weighted by atomic mass is 10.1. The van der Waals surface area contributed by atoms with Gasteiger partial charge in [0.2, 0.25) is 0 Å². The van der Waals surface area contributed by atoms with Gasteiger partial charge in [0.1, 0.15) is 28.4 Å². The van der Waals surface area contributed by atoms with Crippen molar-refractivity contribution in [3.05, 3.63) is 63.9 Å². The summed E-state index contributed by atoms with van der Waals surface area (Å²) in [5.74, 6) is -0.233. The van der Waals surface area contributed by atoms with E-state index in [0.717, 1.165) is 5.39 Å². The Labute approximate surface area is 119 Å². The van der Waals surface area contributed by atoms with Gasteiger partial charge in [-0.25, -0.2) is 4.79 Å². The number of carbonyl (C=O) groups excluding carboxylic acids is 1. The molecule has 2 aromatic heterocycles. The molecule has 21 heavy (non-hydrogen) atoms. The number of benzene rings is 1. The summed E-state index contributed by atoms with van der Waals surface area (Å²) in [7, 11) is 0.